The first-order valence-corrected chi connectivity index (χ1v) is 18.1. The molecule has 2 fully saturated rings. The number of esters is 1. The highest BCUT2D eigenvalue weighted by Gasteiger charge is 2.41. The fourth-order valence-corrected chi connectivity index (χ4v) is 8.84. The summed E-state index contributed by atoms with van der Waals surface area (Å²) >= 11 is 12.1. The normalized spacial score (nSPS) is 18.4. The van der Waals surface area contributed by atoms with E-state index in [1.165, 1.54) is 25.3 Å². The van der Waals surface area contributed by atoms with Gasteiger partial charge in [-0.3, -0.25) is 14.6 Å². The third-order valence-corrected chi connectivity index (χ3v) is 11.2. The number of piperidine rings is 1. The molecule has 1 aromatic carbocycles. The van der Waals surface area contributed by atoms with E-state index in [0.717, 1.165) is 53.4 Å². The van der Waals surface area contributed by atoms with E-state index < -0.39 is 34.0 Å². The van der Waals surface area contributed by atoms with Gasteiger partial charge in [-0.05, 0) is 68.7 Å². The molecule has 2 amide bonds. The molecule has 3 aromatic rings. The van der Waals surface area contributed by atoms with Gasteiger partial charge in [-0.15, -0.1) is 0 Å². The van der Waals surface area contributed by atoms with Crippen molar-refractivity contribution in [3.63, 3.8) is 0 Å². The predicted molar refractivity (Wildman–Crippen MR) is 177 cm³/mol. The number of rotatable bonds is 12. The van der Waals surface area contributed by atoms with Gasteiger partial charge in [0.1, 0.15) is 23.4 Å². The van der Waals surface area contributed by atoms with Crippen LogP contribution in [0.3, 0.4) is 0 Å². The Labute approximate surface area is 284 Å². The highest BCUT2D eigenvalue weighted by atomic mass is 35.5. The maximum absolute atomic E-state index is 13.4. The topological polar surface area (TPSA) is 144 Å². The van der Waals surface area contributed by atoms with Crippen LogP contribution in [-0.2, 0) is 42.1 Å². The van der Waals surface area contributed by atoms with E-state index in [1.807, 2.05) is 6.07 Å². The molecule has 2 aliphatic rings. The van der Waals surface area contributed by atoms with Gasteiger partial charge in [0.25, 0.3) is 0 Å². The molecule has 2 atom stereocenters. The number of carbonyl (C=O) groups excluding carboxylic acids is 3. The number of fused-ring (bicyclic) bond motifs is 1. The minimum absolute atomic E-state index is 0.0238. The monoisotopic (exact) mass is 706 g/mol. The van der Waals surface area contributed by atoms with E-state index in [-0.39, 0.29) is 46.7 Å². The number of carbonyl (C=O) groups is 3. The molecule has 0 bridgehead atoms. The molecule has 0 unspecified atom stereocenters. The van der Waals surface area contributed by atoms with Crippen LogP contribution < -0.4 is 5.32 Å². The number of ether oxygens (including phenoxy) is 1. The van der Waals surface area contributed by atoms with Crippen LogP contribution in [0.15, 0.2) is 41.6 Å². The molecule has 254 valence electrons. The number of nitrogens with zero attached hydrogens (tertiary/aromatic N) is 5. The van der Waals surface area contributed by atoms with Crippen molar-refractivity contribution in [3.8, 4) is 0 Å². The summed E-state index contributed by atoms with van der Waals surface area (Å²) in [6.07, 6.45) is 7.90. The van der Waals surface area contributed by atoms with Crippen LogP contribution in [0.4, 0.5) is 0 Å². The number of hydrogen-bond donors (Lipinski definition) is 1. The number of methoxy groups -OCH3 is 1. The molecule has 5 rings (SSSR count). The average molecular weight is 708 g/mol. The second-order valence-electron chi connectivity index (χ2n) is 12.1. The van der Waals surface area contributed by atoms with Crippen LogP contribution >= 0.6 is 23.2 Å². The number of pyridine rings is 1. The first-order chi connectivity index (χ1) is 22.5. The second kappa shape index (κ2) is 15.3. The number of benzene rings is 1. The summed E-state index contributed by atoms with van der Waals surface area (Å²) in [5, 5.41) is 2.96. The number of aromatic nitrogens is 3. The van der Waals surface area contributed by atoms with Crippen LogP contribution in [0.1, 0.15) is 57.7 Å². The van der Waals surface area contributed by atoms with Gasteiger partial charge >= 0.3 is 5.97 Å². The van der Waals surface area contributed by atoms with Gasteiger partial charge in [-0.25, -0.2) is 18.2 Å². The quantitative estimate of drug-likeness (QED) is 0.276. The van der Waals surface area contributed by atoms with Crippen molar-refractivity contribution in [2.45, 2.75) is 81.8 Å². The zero-order valence-corrected chi connectivity index (χ0v) is 28.9. The number of sulfonamides is 1. The molecule has 47 heavy (non-hydrogen) atoms. The van der Waals surface area contributed by atoms with Crippen molar-refractivity contribution in [3.05, 3.63) is 52.5 Å². The molecule has 2 saturated heterocycles. The fourth-order valence-electron chi connectivity index (χ4n) is 6.46. The van der Waals surface area contributed by atoms with Crippen LogP contribution in [0, 0.1) is 5.92 Å². The number of imidazole rings is 1. The first-order valence-electron chi connectivity index (χ1n) is 15.9. The third-order valence-electron chi connectivity index (χ3n) is 8.91. The van der Waals surface area contributed by atoms with Crippen LogP contribution in [0.25, 0.3) is 11.0 Å². The Morgan fingerprint density at radius 3 is 2.49 bits per heavy atom. The lowest BCUT2D eigenvalue weighted by Gasteiger charge is -2.33. The van der Waals surface area contributed by atoms with Crippen LogP contribution in [0.5, 0.6) is 0 Å². The summed E-state index contributed by atoms with van der Waals surface area (Å²) < 4.78 is 35.1. The Balaban J connectivity index is 1.16. The van der Waals surface area contributed by atoms with Gasteiger partial charge in [0.2, 0.25) is 21.8 Å². The molecule has 0 saturated carbocycles. The highest BCUT2D eigenvalue weighted by molar-refractivity contribution is 7.89. The average Bonchev–Trinajstić information content (AvgIpc) is 3.69. The Morgan fingerprint density at radius 2 is 1.81 bits per heavy atom. The number of halogens is 2. The lowest BCUT2D eigenvalue weighted by molar-refractivity contribution is -0.146. The lowest BCUT2D eigenvalue weighted by Crippen LogP contribution is -2.51. The lowest BCUT2D eigenvalue weighted by atomic mass is 9.96. The van der Waals surface area contributed by atoms with E-state index in [1.54, 1.807) is 17.3 Å². The van der Waals surface area contributed by atoms with Gasteiger partial charge in [-0.1, -0.05) is 30.1 Å². The van der Waals surface area contributed by atoms with E-state index in [2.05, 4.69) is 21.8 Å². The molecular formula is C32H40Cl2N6O6S. The van der Waals surface area contributed by atoms with E-state index in [0.29, 0.717) is 25.4 Å². The summed E-state index contributed by atoms with van der Waals surface area (Å²) in [6.45, 7) is 4.27. The molecule has 1 N–H and O–H groups in total. The smallest absolute Gasteiger partial charge is 0.328 e. The van der Waals surface area contributed by atoms with Crippen LogP contribution in [-0.4, -0.2) is 88.8 Å². The third kappa shape index (κ3) is 8.07. The van der Waals surface area contributed by atoms with Crippen molar-refractivity contribution in [2.75, 3.05) is 26.7 Å². The first kappa shape index (κ1) is 35.1. The van der Waals surface area contributed by atoms with E-state index in [4.69, 9.17) is 32.9 Å². The van der Waals surface area contributed by atoms with Crippen molar-refractivity contribution in [2.24, 2.45) is 5.92 Å². The van der Waals surface area contributed by atoms with Gasteiger partial charge in [0, 0.05) is 55.3 Å². The number of aryl methyl sites for hydroxylation is 1. The maximum Gasteiger partial charge on any atom is 0.328 e. The zero-order chi connectivity index (χ0) is 33.7. The Morgan fingerprint density at radius 1 is 1.09 bits per heavy atom. The zero-order valence-electron chi connectivity index (χ0n) is 26.5. The number of likely N-dealkylation sites (tertiary alicyclic amines) is 1. The summed E-state index contributed by atoms with van der Waals surface area (Å²) in [5.41, 5.74) is 1.97. The van der Waals surface area contributed by atoms with E-state index in [9.17, 15) is 22.8 Å². The molecule has 15 heteroatoms. The van der Waals surface area contributed by atoms with Gasteiger partial charge in [0.05, 0.1) is 23.7 Å². The summed E-state index contributed by atoms with van der Waals surface area (Å²) in [6, 6.07) is 3.83. The Kier molecular flexibility index (Phi) is 11.4. The summed E-state index contributed by atoms with van der Waals surface area (Å²) in [5.74, 6) is -0.00837. The highest BCUT2D eigenvalue weighted by Crippen LogP contribution is 2.30. The van der Waals surface area contributed by atoms with Crippen molar-refractivity contribution in [1.29, 1.82) is 0 Å². The van der Waals surface area contributed by atoms with Gasteiger partial charge < -0.3 is 19.5 Å². The SMILES string of the molecule is CCCc1nc2cnccc2n1CC1CCN(C(=O)CC[C@H](NC(=O)[C@@H]2CCCN2S(=O)(=O)c2cc(Cl)cc(Cl)c2)C(=O)OC)CC1. The number of amides is 2. The molecule has 0 radical (unpaired) electrons. The minimum Gasteiger partial charge on any atom is -0.467 e. The van der Waals surface area contributed by atoms with Crippen molar-refractivity contribution >= 4 is 62.0 Å². The maximum atomic E-state index is 13.4. The fraction of sp³-hybridized carbons (Fsp3) is 0.531. The molecule has 2 aliphatic heterocycles. The minimum atomic E-state index is -4.10. The van der Waals surface area contributed by atoms with Gasteiger partial charge in [-0.2, -0.15) is 4.31 Å². The Hall–Kier alpha value is -3.26. The number of nitrogens with one attached hydrogen (secondary N) is 1. The van der Waals surface area contributed by atoms with Crippen LogP contribution in [0.2, 0.25) is 10.0 Å². The summed E-state index contributed by atoms with van der Waals surface area (Å²) in [7, 11) is -2.90. The molecular weight excluding hydrogens is 667 g/mol. The molecule has 2 aromatic heterocycles. The van der Waals surface area contributed by atoms with E-state index >= 15 is 0 Å². The standard InChI is InChI=1S/C32H40Cl2N6O6S/c1-3-5-29-36-26-19-35-12-9-27(26)39(29)20-21-10-14-38(15-11-21)30(41)8-7-25(32(43)46-2)37-31(42)28-6-4-13-40(28)47(44,45)24-17-22(33)16-23(34)18-24/h9,12,16-19,21,25,28H,3-8,10-11,13-15,20H2,1-2H3,(H,37,42)/t25-,28-/m0/s1. The molecule has 0 spiro atoms. The molecule has 4 heterocycles. The van der Waals surface area contributed by atoms with Crippen molar-refractivity contribution < 1.29 is 27.5 Å². The summed E-state index contributed by atoms with van der Waals surface area (Å²) in [4.78, 5) is 49.9. The van der Waals surface area contributed by atoms with Crippen molar-refractivity contribution in [1.82, 2.24) is 29.1 Å². The largest absolute Gasteiger partial charge is 0.467 e. The second-order valence-corrected chi connectivity index (χ2v) is 14.8. The molecule has 12 nitrogen and oxygen atoms in total. The Bertz CT molecular complexity index is 1710. The molecule has 0 aliphatic carbocycles. The predicted octanol–water partition coefficient (Wildman–Crippen LogP) is 4.22. The number of hydrogen-bond acceptors (Lipinski definition) is 8. The van der Waals surface area contributed by atoms with Gasteiger partial charge in [0.15, 0.2) is 0 Å².